The van der Waals surface area contributed by atoms with E-state index in [4.69, 9.17) is 0 Å². The highest BCUT2D eigenvalue weighted by Crippen LogP contribution is 2.28. The molecule has 3 aromatic rings. The highest BCUT2D eigenvalue weighted by atomic mass is 15.2. The largest absolute Gasteiger partial charge is 0.387 e. The van der Waals surface area contributed by atoms with Crippen LogP contribution in [0.2, 0.25) is 0 Å². The molecule has 0 bridgehead atoms. The third kappa shape index (κ3) is 8.68. The SMILES string of the molecule is C=C(NC)c1ccc(-c2ccc(/C(C)=C/C(=C/N=CC(C)Nc3ccc(N4CCN(C)CC4)cc3)CC)c(CC)c2)cn1. The number of allylic oxidation sites excluding steroid dienone is 3. The van der Waals surface area contributed by atoms with Crippen molar-refractivity contribution in [2.75, 3.05) is 50.5 Å². The summed E-state index contributed by atoms with van der Waals surface area (Å²) in [6.07, 6.45) is 10.0. The lowest BCUT2D eigenvalue weighted by Crippen LogP contribution is -2.44. The van der Waals surface area contributed by atoms with Crippen LogP contribution in [-0.4, -0.2) is 62.4 Å². The quantitative estimate of drug-likeness (QED) is 0.173. The summed E-state index contributed by atoms with van der Waals surface area (Å²) in [5.41, 5.74) is 11.4. The maximum atomic E-state index is 4.68. The standard InChI is InChI=1S/C37H48N6/c1-8-30(25-39-24-28(4)41-34-12-14-35(15-13-34)43-20-18-42(7)19-21-43)22-27(3)36-16-10-32(23-31(36)9-2)33-11-17-37(40-26-33)29(5)38-6/h10-17,22-26,28,38,41H,5,8-9,18-21H2,1-4,6-7H3/b27-22+,30-25+,39-24?. The zero-order chi connectivity index (χ0) is 30.8. The minimum atomic E-state index is 0.119. The maximum Gasteiger partial charge on any atom is 0.0855 e. The Kier molecular flexibility index (Phi) is 11.3. The number of anilines is 2. The average Bonchev–Trinajstić information content (AvgIpc) is 3.04. The number of likely N-dealkylation sites (N-methyl/N-ethyl adjacent to an activating group) is 1. The first-order valence-corrected chi connectivity index (χ1v) is 15.5. The van der Waals surface area contributed by atoms with Crippen molar-refractivity contribution in [2.24, 2.45) is 4.99 Å². The number of pyridine rings is 1. The van der Waals surface area contributed by atoms with Gasteiger partial charge in [-0.3, -0.25) is 9.98 Å². The summed E-state index contributed by atoms with van der Waals surface area (Å²) < 4.78 is 0. The maximum absolute atomic E-state index is 4.68. The second-order valence-electron chi connectivity index (χ2n) is 11.3. The highest BCUT2D eigenvalue weighted by molar-refractivity contribution is 5.74. The second-order valence-corrected chi connectivity index (χ2v) is 11.3. The Bertz CT molecular complexity index is 1440. The Balaban J connectivity index is 1.39. The van der Waals surface area contributed by atoms with Crippen LogP contribution < -0.4 is 15.5 Å². The molecule has 1 aromatic heterocycles. The molecule has 6 nitrogen and oxygen atoms in total. The Morgan fingerprint density at radius 3 is 2.37 bits per heavy atom. The molecule has 43 heavy (non-hydrogen) atoms. The molecule has 1 saturated heterocycles. The molecular weight excluding hydrogens is 528 g/mol. The first-order chi connectivity index (χ1) is 20.8. The van der Waals surface area contributed by atoms with E-state index in [9.17, 15) is 0 Å². The van der Waals surface area contributed by atoms with E-state index >= 15 is 0 Å². The highest BCUT2D eigenvalue weighted by Gasteiger charge is 2.14. The fraction of sp³-hybridized carbons (Fsp3) is 0.351. The number of hydrogen-bond donors (Lipinski definition) is 2. The Hall–Kier alpha value is -4.16. The van der Waals surface area contributed by atoms with Gasteiger partial charge >= 0.3 is 0 Å². The molecule has 1 aliphatic rings. The van der Waals surface area contributed by atoms with Gasteiger partial charge in [-0.25, -0.2) is 0 Å². The van der Waals surface area contributed by atoms with Gasteiger partial charge in [-0.2, -0.15) is 0 Å². The van der Waals surface area contributed by atoms with Crippen molar-refractivity contribution in [3.8, 4) is 11.1 Å². The van der Waals surface area contributed by atoms with Crippen molar-refractivity contribution in [1.82, 2.24) is 15.2 Å². The zero-order valence-corrected chi connectivity index (χ0v) is 26.8. The third-order valence-corrected chi connectivity index (χ3v) is 8.11. The number of benzene rings is 2. The van der Waals surface area contributed by atoms with E-state index in [-0.39, 0.29) is 6.04 Å². The van der Waals surface area contributed by atoms with E-state index in [1.54, 1.807) is 0 Å². The third-order valence-electron chi connectivity index (χ3n) is 8.11. The van der Waals surface area contributed by atoms with Crippen molar-refractivity contribution in [3.05, 3.63) is 102 Å². The van der Waals surface area contributed by atoms with Gasteiger partial charge in [-0.15, -0.1) is 0 Å². The lowest BCUT2D eigenvalue weighted by molar-refractivity contribution is 0.313. The van der Waals surface area contributed by atoms with Crippen LogP contribution in [0.15, 0.2) is 90.2 Å². The lowest BCUT2D eigenvalue weighted by atomic mass is 9.93. The predicted molar refractivity (Wildman–Crippen MR) is 187 cm³/mol. The minimum Gasteiger partial charge on any atom is -0.387 e. The molecule has 0 aliphatic carbocycles. The summed E-state index contributed by atoms with van der Waals surface area (Å²) in [5, 5.41) is 6.61. The molecule has 4 rings (SSSR count). The molecule has 2 N–H and O–H groups in total. The van der Waals surface area contributed by atoms with Gasteiger partial charge in [-0.1, -0.05) is 50.8 Å². The van der Waals surface area contributed by atoms with Crippen LogP contribution in [0.5, 0.6) is 0 Å². The summed E-state index contributed by atoms with van der Waals surface area (Å²) in [7, 11) is 4.05. The number of nitrogens with zero attached hydrogens (tertiary/aromatic N) is 4. The van der Waals surface area contributed by atoms with Gasteiger partial charge in [0.05, 0.1) is 17.4 Å². The van der Waals surface area contributed by atoms with Gasteiger partial charge in [0.15, 0.2) is 0 Å². The Labute approximate surface area is 259 Å². The number of aryl methyl sites for hydroxylation is 1. The van der Waals surface area contributed by atoms with Crippen LogP contribution in [0.4, 0.5) is 11.4 Å². The fourth-order valence-corrected chi connectivity index (χ4v) is 5.31. The van der Waals surface area contributed by atoms with Crippen LogP contribution in [0, 0.1) is 0 Å². The van der Waals surface area contributed by atoms with Crippen molar-refractivity contribution in [2.45, 2.75) is 46.6 Å². The molecule has 1 fully saturated rings. The van der Waals surface area contributed by atoms with Crippen LogP contribution in [0.1, 0.15) is 50.9 Å². The van der Waals surface area contributed by atoms with E-state index in [0.29, 0.717) is 0 Å². The molecule has 1 atom stereocenters. The number of piperazine rings is 1. The average molecular weight is 577 g/mol. The van der Waals surface area contributed by atoms with E-state index in [1.165, 1.54) is 33.5 Å². The number of rotatable bonds is 12. The van der Waals surface area contributed by atoms with Crippen LogP contribution in [0.3, 0.4) is 0 Å². The molecule has 0 radical (unpaired) electrons. The molecule has 6 heteroatoms. The molecule has 0 amide bonds. The van der Waals surface area contributed by atoms with E-state index in [0.717, 1.165) is 61.7 Å². The lowest BCUT2D eigenvalue weighted by Gasteiger charge is -2.34. The molecule has 0 spiro atoms. The molecule has 226 valence electrons. The predicted octanol–water partition coefficient (Wildman–Crippen LogP) is 7.52. The van der Waals surface area contributed by atoms with E-state index < -0.39 is 0 Å². The molecule has 1 aliphatic heterocycles. The normalized spacial score (nSPS) is 15.5. The van der Waals surface area contributed by atoms with Gasteiger partial charge in [0, 0.05) is 68.8 Å². The van der Waals surface area contributed by atoms with Crippen molar-refractivity contribution in [1.29, 1.82) is 0 Å². The van der Waals surface area contributed by atoms with Gasteiger partial charge in [0.2, 0.25) is 0 Å². The van der Waals surface area contributed by atoms with E-state index in [1.807, 2.05) is 31.7 Å². The summed E-state index contributed by atoms with van der Waals surface area (Å²) in [6.45, 7) is 17.1. The Morgan fingerprint density at radius 1 is 1.02 bits per heavy atom. The van der Waals surface area contributed by atoms with Gasteiger partial charge in [0.1, 0.15) is 0 Å². The Morgan fingerprint density at radius 2 is 1.74 bits per heavy atom. The molecule has 2 aromatic carbocycles. The van der Waals surface area contributed by atoms with Gasteiger partial charge in [-0.05, 0) is 91.9 Å². The smallest absolute Gasteiger partial charge is 0.0855 e. The summed E-state index contributed by atoms with van der Waals surface area (Å²) >= 11 is 0. The van der Waals surface area contributed by atoms with Crippen LogP contribution in [-0.2, 0) is 6.42 Å². The van der Waals surface area contributed by atoms with Crippen molar-refractivity contribution < 1.29 is 0 Å². The monoisotopic (exact) mass is 576 g/mol. The number of aromatic nitrogens is 1. The molecule has 2 heterocycles. The topological polar surface area (TPSA) is 55.8 Å². The first-order valence-electron chi connectivity index (χ1n) is 15.5. The fourth-order valence-electron chi connectivity index (χ4n) is 5.31. The van der Waals surface area contributed by atoms with Crippen molar-refractivity contribution >= 4 is 28.9 Å². The first kappa shape index (κ1) is 31.8. The van der Waals surface area contributed by atoms with E-state index in [2.05, 4.69) is 126 Å². The summed E-state index contributed by atoms with van der Waals surface area (Å²) in [4.78, 5) is 14.1. The summed E-state index contributed by atoms with van der Waals surface area (Å²) in [6, 6.07) is 19.7. The second kappa shape index (κ2) is 15.4. The zero-order valence-electron chi connectivity index (χ0n) is 26.8. The van der Waals surface area contributed by atoms with Gasteiger partial charge < -0.3 is 20.4 Å². The van der Waals surface area contributed by atoms with Gasteiger partial charge in [0.25, 0.3) is 0 Å². The molecule has 1 unspecified atom stereocenters. The number of hydrogen-bond acceptors (Lipinski definition) is 6. The summed E-state index contributed by atoms with van der Waals surface area (Å²) in [5.74, 6) is 0. The van der Waals surface area contributed by atoms with Crippen LogP contribution in [0.25, 0.3) is 22.4 Å². The van der Waals surface area contributed by atoms with Crippen molar-refractivity contribution in [3.63, 3.8) is 0 Å². The number of aliphatic imine (C=N–C) groups is 1. The molecular formula is C37H48N6. The minimum absolute atomic E-state index is 0.119. The number of nitrogens with one attached hydrogen (secondary N) is 2. The van der Waals surface area contributed by atoms with Crippen LogP contribution >= 0.6 is 0 Å². The molecule has 0 saturated carbocycles.